The molecule has 3 heterocycles. The molecule has 2 aromatic heterocycles. The Morgan fingerprint density at radius 2 is 1.89 bits per heavy atom. The van der Waals surface area contributed by atoms with Crippen LogP contribution in [0.1, 0.15) is 5.56 Å². The largest absolute Gasteiger partial charge is 0.353 e. The van der Waals surface area contributed by atoms with Crippen LogP contribution >= 0.6 is 11.8 Å². The summed E-state index contributed by atoms with van der Waals surface area (Å²) in [5.41, 5.74) is 2.35. The minimum Gasteiger partial charge on any atom is -0.353 e. The summed E-state index contributed by atoms with van der Waals surface area (Å²) in [7, 11) is 1.97. The number of likely N-dealkylation sites (N-methyl/N-ethyl adjacent to an activating group) is 1. The van der Waals surface area contributed by atoms with Crippen LogP contribution in [0, 0.1) is 5.82 Å². The van der Waals surface area contributed by atoms with Crippen LogP contribution in [-0.4, -0.2) is 69.5 Å². The van der Waals surface area contributed by atoms with Gasteiger partial charge in [-0.3, -0.25) is 9.69 Å². The molecule has 1 aliphatic rings. The van der Waals surface area contributed by atoms with E-state index in [1.165, 1.54) is 23.4 Å². The van der Waals surface area contributed by atoms with E-state index in [-0.39, 0.29) is 17.8 Å². The van der Waals surface area contributed by atoms with Crippen LogP contribution in [0.2, 0.25) is 0 Å². The molecule has 1 N–H and O–H groups in total. The van der Waals surface area contributed by atoms with Gasteiger partial charge in [0.2, 0.25) is 5.91 Å². The van der Waals surface area contributed by atoms with Crippen LogP contribution in [0.3, 0.4) is 0 Å². The first-order valence-electron chi connectivity index (χ1n) is 11.3. The lowest BCUT2D eigenvalue weighted by molar-refractivity contribution is -0.126. The molecule has 35 heavy (non-hydrogen) atoms. The van der Waals surface area contributed by atoms with E-state index in [4.69, 9.17) is 0 Å². The van der Waals surface area contributed by atoms with E-state index in [1.54, 1.807) is 28.6 Å². The predicted octanol–water partition coefficient (Wildman–Crippen LogP) is 3.11. The van der Waals surface area contributed by atoms with Crippen molar-refractivity contribution in [1.29, 1.82) is 0 Å². The van der Waals surface area contributed by atoms with Crippen molar-refractivity contribution >= 4 is 34.5 Å². The molecule has 1 unspecified atom stereocenters. The molecule has 1 saturated heterocycles. The first-order chi connectivity index (χ1) is 17.0. The number of carbonyl (C=O) groups is 1. The summed E-state index contributed by atoms with van der Waals surface area (Å²) in [5.74, 6) is 0.421. The molecule has 0 saturated carbocycles. The molecule has 0 spiro atoms. The highest BCUT2D eigenvalue weighted by Crippen LogP contribution is 2.26. The SMILES string of the molecule is CSc1ccc(CNC(=O)C2CN(c3ncnc4nn(-c5ccc(F)cc5)cc34)CCN2C)cc1. The van der Waals surface area contributed by atoms with Gasteiger partial charge in [0.05, 0.1) is 11.1 Å². The van der Waals surface area contributed by atoms with Gasteiger partial charge in [0.25, 0.3) is 0 Å². The lowest BCUT2D eigenvalue weighted by Gasteiger charge is -2.39. The Kier molecular flexibility index (Phi) is 6.65. The fourth-order valence-corrected chi connectivity index (χ4v) is 4.61. The maximum absolute atomic E-state index is 13.3. The Hall–Kier alpha value is -3.50. The van der Waals surface area contributed by atoms with Gasteiger partial charge in [-0.2, -0.15) is 0 Å². The number of rotatable bonds is 6. The monoisotopic (exact) mass is 491 g/mol. The molecule has 1 fully saturated rings. The molecule has 1 aliphatic heterocycles. The highest BCUT2D eigenvalue weighted by atomic mass is 32.2. The van der Waals surface area contributed by atoms with Gasteiger partial charge in [-0.1, -0.05) is 12.1 Å². The van der Waals surface area contributed by atoms with Gasteiger partial charge in [-0.05, 0) is 55.3 Å². The Morgan fingerprint density at radius 1 is 1.11 bits per heavy atom. The van der Waals surface area contributed by atoms with E-state index in [2.05, 4.69) is 42.3 Å². The minimum absolute atomic E-state index is 0.0153. The highest BCUT2D eigenvalue weighted by Gasteiger charge is 2.31. The molecule has 1 amide bonds. The molecule has 8 nitrogen and oxygen atoms in total. The second-order valence-electron chi connectivity index (χ2n) is 8.49. The van der Waals surface area contributed by atoms with E-state index in [0.717, 1.165) is 35.5 Å². The number of hydrogen-bond acceptors (Lipinski definition) is 7. The molecule has 0 bridgehead atoms. The van der Waals surface area contributed by atoms with Crippen molar-refractivity contribution in [3.63, 3.8) is 0 Å². The van der Waals surface area contributed by atoms with Gasteiger partial charge >= 0.3 is 0 Å². The lowest BCUT2D eigenvalue weighted by Crippen LogP contribution is -2.57. The summed E-state index contributed by atoms with van der Waals surface area (Å²) in [6.07, 6.45) is 5.38. The number of fused-ring (bicyclic) bond motifs is 1. The number of thioether (sulfide) groups is 1. The fourth-order valence-electron chi connectivity index (χ4n) is 4.20. The summed E-state index contributed by atoms with van der Waals surface area (Å²) in [5, 5.41) is 8.41. The molecule has 4 aromatic rings. The first-order valence-corrected chi connectivity index (χ1v) is 12.6. The van der Waals surface area contributed by atoms with E-state index in [9.17, 15) is 9.18 Å². The molecule has 180 valence electrons. The van der Waals surface area contributed by atoms with E-state index in [0.29, 0.717) is 18.7 Å². The molecular formula is C25H26FN7OS. The average Bonchev–Trinajstić information content (AvgIpc) is 3.33. The zero-order chi connectivity index (χ0) is 24.4. The number of hydrogen-bond donors (Lipinski definition) is 1. The van der Waals surface area contributed by atoms with Gasteiger partial charge in [0.15, 0.2) is 5.65 Å². The summed E-state index contributed by atoms with van der Waals surface area (Å²) >= 11 is 1.69. The third-order valence-electron chi connectivity index (χ3n) is 6.26. The number of carbonyl (C=O) groups excluding carboxylic acids is 1. The third kappa shape index (κ3) is 4.98. The summed E-state index contributed by atoms with van der Waals surface area (Å²) < 4.78 is 15.0. The van der Waals surface area contributed by atoms with Crippen LogP contribution in [0.15, 0.2) is 66.0 Å². The van der Waals surface area contributed by atoms with Crippen molar-refractivity contribution in [3.05, 3.63) is 72.4 Å². The minimum atomic E-state index is -0.314. The van der Waals surface area contributed by atoms with Crippen molar-refractivity contribution in [2.75, 3.05) is 37.8 Å². The Morgan fingerprint density at radius 3 is 2.63 bits per heavy atom. The van der Waals surface area contributed by atoms with Crippen molar-refractivity contribution in [3.8, 4) is 5.69 Å². The van der Waals surface area contributed by atoms with Crippen molar-refractivity contribution in [2.45, 2.75) is 17.5 Å². The Balaban J connectivity index is 1.33. The average molecular weight is 492 g/mol. The smallest absolute Gasteiger partial charge is 0.239 e. The van der Waals surface area contributed by atoms with Crippen LogP contribution < -0.4 is 10.2 Å². The van der Waals surface area contributed by atoms with E-state index >= 15 is 0 Å². The molecule has 1 atom stereocenters. The predicted molar refractivity (Wildman–Crippen MR) is 135 cm³/mol. The van der Waals surface area contributed by atoms with Crippen LogP contribution in [0.25, 0.3) is 16.7 Å². The maximum atomic E-state index is 13.3. The topological polar surface area (TPSA) is 79.2 Å². The molecule has 0 aliphatic carbocycles. The number of anilines is 1. The van der Waals surface area contributed by atoms with Gasteiger partial charge in [-0.25, -0.2) is 19.0 Å². The van der Waals surface area contributed by atoms with Gasteiger partial charge in [-0.15, -0.1) is 16.9 Å². The van der Waals surface area contributed by atoms with Gasteiger partial charge in [0, 0.05) is 37.3 Å². The van der Waals surface area contributed by atoms with Crippen LogP contribution in [0.4, 0.5) is 10.2 Å². The third-order valence-corrected chi connectivity index (χ3v) is 7.01. The summed E-state index contributed by atoms with van der Waals surface area (Å²) in [4.78, 5) is 27.3. The number of nitrogens with zero attached hydrogens (tertiary/aromatic N) is 6. The Labute approximate surface area is 207 Å². The van der Waals surface area contributed by atoms with Crippen LogP contribution in [-0.2, 0) is 11.3 Å². The molecule has 2 aromatic carbocycles. The zero-order valence-electron chi connectivity index (χ0n) is 19.6. The van der Waals surface area contributed by atoms with Crippen molar-refractivity contribution < 1.29 is 9.18 Å². The number of nitrogens with one attached hydrogen (secondary N) is 1. The van der Waals surface area contributed by atoms with E-state index in [1.807, 2.05) is 31.6 Å². The number of amides is 1. The molecule has 0 radical (unpaired) electrons. The normalized spacial score (nSPS) is 16.5. The maximum Gasteiger partial charge on any atom is 0.239 e. The Bertz CT molecular complexity index is 1330. The number of piperazine rings is 1. The quantitative estimate of drug-likeness (QED) is 0.415. The molecule has 10 heteroatoms. The van der Waals surface area contributed by atoms with Gasteiger partial charge < -0.3 is 10.2 Å². The van der Waals surface area contributed by atoms with E-state index < -0.39 is 0 Å². The fraction of sp³-hybridized carbons (Fsp3) is 0.280. The second-order valence-corrected chi connectivity index (χ2v) is 9.37. The van der Waals surface area contributed by atoms with Crippen molar-refractivity contribution in [1.82, 2.24) is 30.0 Å². The second kappa shape index (κ2) is 10.0. The zero-order valence-corrected chi connectivity index (χ0v) is 20.4. The number of halogens is 1. The highest BCUT2D eigenvalue weighted by molar-refractivity contribution is 7.98. The molecular weight excluding hydrogens is 465 g/mol. The van der Waals surface area contributed by atoms with Crippen molar-refractivity contribution in [2.24, 2.45) is 0 Å². The summed E-state index contributed by atoms with van der Waals surface area (Å²) in [6.45, 7) is 2.43. The number of benzene rings is 2. The standard InChI is InChI=1S/C25H26FN7OS/c1-31-11-12-32(15-22(31)25(34)27-13-17-3-9-20(35-2)10-4-17)24-21-14-33(30-23(21)28-16-29-24)19-7-5-18(26)6-8-19/h3-10,14,16,22H,11-13,15H2,1-2H3,(H,27,34). The first kappa shape index (κ1) is 23.3. The summed E-state index contributed by atoms with van der Waals surface area (Å²) in [6, 6.07) is 14.0. The van der Waals surface area contributed by atoms with Crippen LogP contribution in [0.5, 0.6) is 0 Å². The lowest BCUT2D eigenvalue weighted by atomic mass is 10.1. The van der Waals surface area contributed by atoms with Gasteiger partial charge in [0.1, 0.15) is 24.0 Å². The number of aromatic nitrogens is 4. The molecule has 5 rings (SSSR count).